The average Bonchev–Trinajstić information content (AvgIpc) is 2.58. The maximum Gasteiger partial charge on any atom is 0.164 e. The van der Waals surface area contributed by atoms with Crippen LogP contribution in [0, 0.1) is 7.05 Å². The highest BCUT2D eigenvalue weighted by molar-refractivity contribution is 6.02. The molecule has 0 N–H and O–H groups in total. The Hall–Kier alpha value is -1.15. The molecule has 0 unspecified atom stereocenters. The number of benzene rings is 1. The van der Waals surface area contributed by atoms with Crippen LogP contribution >= 0.6 is 0 Å². The molecule has 0 amide bonds. The van der Waals surface area contributed by atoms with E-state index < -0.39 is 0 Å². The molecule has 1 radical (unpaired) electrons. The minimum absolute atomic E-state index is 0.127. The molecule has 0 bridgehead atoms. The van der Waals surface area contributed by atoms with Gasteiger partial charge in [0.1, 0.15) is 0 Å². The lowest BCUT2D eigenvalue weighted by Gasteiger charge is -2.37. The molecule has 1 spiro atoms. The van der Waals surface area contributed by atoms with Gasteiger partial charge in [-0.05, 0) is 31.5 Å². The second kappa shape index (κ2) is 3.42. The SMILES string of the molecule is [CH2]N1CCC2(CC1)CC(=O)c1ccccc12. The molecule has 2 nitrogen and oxygen atoms in total. The van der Waals surface area contributed by atoms with E-state index in [4.69, 9.17) is 0 Å². The number of carbonyl (C=O) groups is 1. The standard InChI is InChI=1S/C14H16NO/c1-15-8-6-14(7-9-15)10-13(16)11-4-2-3-5-12(11)14/h2-5H,1,6-10H2. The molecule has 83 valence electrons. The number of carbonyl (C=O) groups excluding carboxylic acids is 1. The number of ketones is 1. The molecule has 0 saturated carbocycles. The first-order chi connectivity index (χ1) is 7.71. The topological polar surface area (TPSA) is 20.3 Å². The van der Waals surface area contributed by atoms with Crippen LogP contribution in [0.5, 0.6) is 0 Å². The fourth-order valence-electron chi connectivity index (χ4n) is 3.11. The lowest BCUT2D eigenvalue weighted by molar-refractivity contribution is 0.0950. The van der Waals surface area contributed by atoms with Crippen molar-refractivity contribution in [1.82, 2.24) is 4.90 Å². The summed E-state index contributed by atoms with van der Waals surface area (Å²) in [5, 5.41) is 0. The summed E-state index contributed by atoms with van der Waals surface area (Å²) < 4.78 is 0. The summed E-state index contributed by atoms with van der Waals surface area (Å²) in [5.74, 6) is 0.327. The summed E-state index contributed by atoms with van der Waals surface area (Å²) in [6, 6.07) is 8.13. The Morgan fingerprint density at radius 3 is 2.62 bits per heavy atom. The molecule has 1 saturated heterocycles. The fraction of sp³-hybridized carbons (Fsp3) is 0.429. The largest absolute Gasteiger partial charge is 0.302 e. The van der Waals surface area contributed by atoms with E-state index in [1.54, 1.807) is 0 Å². The Morgan fingerprint density at radius 2 is 1.88 bits per heavy atom. The molecule has 1 fully saturated rings. The Labute approximate surface area is 96.3 Å². The van der Waals surface area contributed by atoms with E-state index in [1.807, 2.05) is 12.1 Å². The molecule has 3 rings (SSSR count). The van der Waals surface area contributed by atoms with Gasteiger partial charge in [0.05, 0.1) is 0 Å². The Morgan fingerprint density at radius 1 is 1.19 bits per heavy atom. The zero-order chi connectivity index (χ0) is 11.2. The third kappa shape index (κ3) is 1.33. The number of fused-ring (bicyclic) bond motifs is 2. The van der Waals surface area contributed by atoms with Crippen molar-refractivity contribution in [3.63, 3.8) is 0 Å². The van der Waals surface area contributed by atoms with Gasteiger partial charge < -0.3 is 4.90 Å². The maximum atomic E-state index is 12.0. The average molecular weight is 214 g/mol. The molecule has 16 heavy (non-hydrogen) atoms. The van der Waals surface area contributed by atoms with Gasteiger partial charge in [-0.25, -0.2) is 0 Å². The van der Waals surface area contributed by atoms with Gasteiger partial charge in [0.2, 0.25) is 0 Å². The van der Waals surface area contributed by atoms with Crippen LogP contribution in [-0.4, -0.2) is 23.8 Å². The highest BCUT2D eigenvalue weighted by Gasteiger charge is 2.44. The smallest absolute Gasteiger partial charge is 0.164 e. The normalized spacial score (nSPS) is 23.7. The van der Waals surface area contributed by atoms with E-state index >= 15 is 0 Å². The molecule has 0 atom stereocenters. The van der Waals surface area contributed by atoms with Crippen LogP contribution in [0.25, 0.3) is 0 Å². The first kappa shape index (κ1) is 10.0. The van der Waals surface area contributed by atoms with Crippen LogP contribution in [0.4, 0.5) is 0 Å². The molecule has 2 heteroatoms. The number of Topliss-reactive ketones (excluding diaryl/α,β-unsaturated/α-hetero) is 1. The molecule has 1 aliphatic carbocycles. The summed E-state index contributed by atoms with van der Waals surface area (Å²) in [7, 11) is 3.98. The summed E-state index contributed by atoms with van der Waals surface area (Å²) in [6.07, 6.45) is 2.85. The Bertz CT molecular complexity index is 430. The van der Waals surface area contributed by atoms with E-state index in [1.165, 1.54) is 5.56 Å². The van der Waals surface area contributed by atoms with Gasteiger partial charge >= 0.3 is 0 Å². The van der Waals surface area contributed by atoms with Gasteiger partial charge in [-0.1, -0.05) is 24.3 Å². The summed E-state index contributed by atoms with van der Waals surface area (Å²) >= 11 is 0. The van der Waals surface area contributed by atoms with Crippen LogP contribution in [0.3, 0.4) is 0 Å². The maximum absolute atomic E-state index is 12.0. The van der Waals surface area contributed by atoms with Crippen molar-refractivity contribution in [1.29, 1.82) is 0 Å². The van der Waals surface area contributed by atoms with E-state index in [9.17, 15) is 4.79 Å². The van der Waals surface area contributed by atoms with Crippen molar-refractivity contribution in [2.24, 2.45) is 0 Å². The van der Waals surface area contributed by atoms with E-state index in [0.717, 1.165) is 31.5 Å². The van der Waals surface area contributed by atoms with Crippen molar-refractivity contribution in [2.45, 2.75) is 24.7 Å². The highest BCUT2D eigenvalue weighted by Crippen LogP contribution is 2.45. The lowest BCUT2D eigenvalue weighted by Crippen LogP contribution is -2.38. The number of rotatable bonds is 0. The molecule has 0 aromatic heterocycles. The molecule has 2 aliphatic rings. The molecular weight excluding hydrogens is 198 g/mol. The van der Waals surface area contributed by atoms with Gasteiger partial charge in [0.25, 0.3) is 0 Å². The highest BCUT2D eigenvalue weighted by atomic mass is 16.1. The summed E-state index contributed by atoms with van der Waals surface area (Å²) in [5.41, 5.74) is 2.37. The number of hydrogen-bond acceptors (Lipinski definition) is 2. The second-order valence-corrected chi connectivity index (χ2v) is 5.04. The zero-order valence-electron chi connectivity index (χ0n) is 9.41. The number of hydrogen-bond donors (Lipinski definition) is 0. The summed E-state index contributed by atoms with van der Waals surface area (Å²) in [6.45, 7) is 2.00. The van der Waals surface area contributed by atoms with Crippen molar-refractivity contribution in [3.05, 3.63) is 42.4 Å². The van der Waals surface area contributed by atoms with Crippen molar-refractivity contribution in [2.75, 3.05) is 13.1 Å². The van der Waals surface area contributed by atoms with Crippen LogP contribution in [0.1, 0.15) is 35.2 Å². The Kier molecular flexibility index (Phi) is 2.15. The molecule has 1 aromatic carbocycles. The number of piperidine rings is 1. The van der Waals surface area contributed by atoms with E-state index in [2.05, 4.69) is 24.1 Å². The van der Waals surface area contributed by atoms with Gasteiger partial charge in [0, 0.05) is 24.4 Å². The first-order valence-corrected chi connectivity index (χ1v) is 5.89. The first-order valence-electron chi connectivity index (χ1n) is 5.89. The van der Waals surface area contributed by atoms with Crippen LogP contribution in [0.2, 0.25) is 0 Å². The quantitative estimate of drug-likeness (QED) is 0.661. The minimum Gasteiger partial charge on any atom is -0.302 e. The minimum atomic E-state index is 0.127. The zero-order valence-corrected chi connectivity index (χ0v) is 9.41. The molecule has 1 aromatic rings. The lowest BCUT2D eigenvalue weighted by atomic mass is 9.74. The second-order valence-electron chi connectivity index (χ2n) is 5.04. The summed E-state index contributed by atoms with van der Waals surface area (Å²) in [4.78, 5) is 14.1. The molecule has 1 aliphatic heterocycles. The van der Waals surface area contributed by atoms with Crippen molar-refractivity contribution < 1.29 is 4.79 Å². The van der Waals surface area contributed by atoms with Gasteiger partial charge in [-0.3, -0.25) is 4.79 Å². The Balaban J connectivity index is 2.02. The van der Waals surface area contributed by atoms with Crippen LogP contribution in [-0.2, 0) is 5.41 Å². The van der Waals surface area contributed by atoms with E-state index in [-0.39, 0.29) is 5.41 Å². The van der Waals surface area contributed by atoms with Gasteiger partial charge in [0.15, 0.2) is 5.78 Å². The van der Waals surface area contributed by atoms with Crippen molar-refractivity contribution in [3.8, 4) is 0 Å². The fourth-order valence-corrected chi connectivity index (χ4v) is 3.11. The van der Waals surface area contributed by atoms with Crippen LogP contribution in [0.15, 0.2) is 24.3 Å². The predicted molar refractivity (Wildman–Crippen MR) is 63.2 cm³/mol. The van der Waals surface area contributed by atoms with Crippen LogP contribution < -0.4 is 0 Å². The third-order valence-corrected chi connectivity index (χ3v) is 4.11. The number of nitrogens with zero attached hydrogens (tertiary/aromatic N) is 1. The van der Waals surface area contributed by atoms with Gasteiger partial charge in [-0.15, -0.1) is 0 Å². The molecule has 1 heterocycles. The molecular formula is C14H16NO. The predicted octanol–water partition coefficient (Wildman–Crippen LogP) is 2.40. The van der Waals surface area contributed by atoms with E-state index in [0.29, 0.717) is 12.2 Å². The third-order valence-electron chi connectivity index (χ3n) is 4.11. The van der Waals surface area contributed by atoms with Gasteiger partial charge in [-0.2, -0.15) is 0 Å². The van der Waals surface area contributed by atoms with Crippen molar-refractivity contribution >= 4 is 5.78 Å². The monoisotopic (exact) mass is 214 g/mol. The number of likely N-dealkylation sites (tertiary alicyclic amines) is 1.